The molecule has 0 spiro atoms. The third-order valence-corrected chi connectivity index (χ3v) is 6.18. The van der Waals surface area contributed by atoms with Crippen molar-refractivity contribution in [3.05, 3.63) is 95.6 Å². The number of carbonyl (C=O) groups is 3. The highest BCUT2D eigenvalue weighted by atomic mass is 19.4. The van der Waals surface area contributed by atoms with Gasteiger partial charge in [0, 0.05) is 12.3 Å². The van der Waals surface area contributed by atoms with Crippen LogP contribution in [0.2, 0.25) is 0 Å². The summed E-state index contributed by atoms with van der Waals surface area (Å²) in [6.45, 7) is -1.16. The molecule has 39 heavy (non-hydrogen) atoms. The van der Waals surface area contributed by atoms with Gasteiger partial charge in [0.2, 0.25) is 5.91 Å². The molecular formula is C29H26F3NO6. The molecule has 1 aliphatic carbocycles. The van der Waals surface area contributed by atoms with Gasteiger partial charge in [0.05, 0.1) is 6.42 Å². The molecule has 0 aromatic heterocycles. The maximum Gasteiger partial charge on any atom is 0.425 e. The zero-order valence-electron chi connectivity index (χ0n) is 20.8. The Balaban J connectivity index is 1.20. The summed E-state index contributed by atoms with van der Waals surface area (Å²) in [7, 11) is 0. The second kappa shape index (κ2) is 12.6. The Morgan fingerprint density at radius 2 is 1.38 bits per heavy atom. The first-order valence-corrected chi connectivity index (χ1v) is 12.2. The summed E-state index contributed by atoms with van der Waals surface area (Å²) in [5, 5.41) is 2.12. The van der Waals surface area contributed by atoms with Gasteiger partial charge in [0.1, 0.15) is 19.9 Å². The SMILES string of the molecule is O=C(CCC(=O)OCC1c2ccccc2-c2ccccc21)NCOC(C(=O)OCc1ccccc1)C(F)(F)F. The molecule has 1 amide bonds. The first kappa shape index (κ1) is 27.8. The minimum atomic E-state index is -5.04. The molecule has 7 nitrogen and oxygen atoms in total. The van der Waals surface area contributed by atoms with Crippen LogP contribution in [0.25, 0.3) is 11.1 Å². The van der Waals surface area contributed by atoms with Gasteiger partial charge in [-0.3, -0.25) is 9.59 Å². The van der Waals surface area contributed by atoms with Crippen LogP contribution in [-0.4, -0.2) is 43.5 Å². The summed E-state index contributed by atoms with van der Waals surface area (Å²) in [5.41, 5.74) is 4.75. The number of halogens is 3. The molecule has 1 aliphatic rings. The number of amides is 1. The van der Waals surface area contributed by atoms with E-state index in [0.717, 1.165) is 22.3 Å². The number of benzene rings is 3. The van der Waals surface area contributed by atoms with Gasteiger partial charge < -0.3 is 19.5 Å². The number of rotatable bonds is 11. The fourth-order valence-corrected chi connectivity index (χ4v) is 4.30. The lowest BCUT2D eigenvalue weighted by Crippen LogP contribution is -2.43. The molecule has 10 heteroatoms. The monoisotopic (exact) mass is 541 g/mol. The van der Waals surface area contributed by atoms with Crippen LogP contribution in [-0.2, 0) is 35.2 Å². The van der Waals surface area contributed by atoms with Gasteiger partial charge in [-0.05, 0) is 27.8 Å². The Labute approximate surface area is 222 Å². The number of nitrogens with one attached hydrogen (secondary N) is 1. The van der Waals surface area contributed by atoms with Gasteiger partial charge in [0.15, 0.2) is 0 Å². The van der Waals surface area contributed by atoms with E-state index in [1.54, 1.807) is 30.3 Å². The van der Waals surface area contributed by atoms with Crippen LogP contribution in [0.1, 0.15) is 35.4 Å². The van der Waals surface area contributed by atoms with E-state index in [-0.39, 0.29) is 32.0 Å². The van der Waals surface area contributed by atoms with Crippen LogP contribution in [0.3, 0.4) is 0 Å². The van der Waals surface area contributed by atoms with Gasteiger partial charge in [-0.2, -0.15) is 13.2 Å². The smallest absolute Gasteiger partial charge is 0.425 e. The summed E-state index contributed by atoms with van der Waals surface area (Å²) in [6, 6.07) is 23.9. The topological polar surface area (TPSA) is 90.9 Å². The van der Waals surface area contributed by atoms with E-state index in [1.807, 2.05) is 48.5 Å². The summed E-state index contributed by atoms with van der Waals surface area (Å²) < 4.78 is 54.5. The standard InChI is InChI=1S/C29H26F3NO6/c30-29(31,32)27(28(36)38-16-19-8-2-1-3-9-19)39-18-33-25(34)14-15-26(35)37-17-24-22-12-6-4-10-20(22)21-11-5-7-13-23(21)24/h1-13,24,27H,14-18H2,(H,33,34). The molecule has 4 rings (SSSR count). The highest BCUT2D eigenvalue weighted by molar-refractivity contribution is 5.82. The van der Waals surface area contributed by atoms with Gasteiger partial charge in [-0.1, -0.05) is 78.9 Å². The van der Waals surface area contributed by atoms with E-state index in [4.69, 9.17) is 9.47 Å². The fraction of sp³-hybridized carbons (Fsp3) is 0.276. The van der Waals surface area contributed by atoms with Crippen LogP contribution in [0.15, 0.2) is 78.9 Å². The number of hydrogen-bond acceptors (Lipinski definition) is 6. The van der Waals surface area contributed by atoms with Crippen LogP contribution in [0, 0.1) is 0 Å². The molecular weight excluding hydrogens is 515 g/mol. The molecule has 3 aromatic rings. The maximum atomic E-state index is 13.3. The van der Waals surface area contributed by atoms with Crippen LogP contribution < -0.4 is 5.32 Å². The lowest BCUT2D eigenvalue weighted by Gasteiger charge is -2.19. The Hall–Kier alpha value is -4.18. The van der Waals surface area contributed by atoms with E-state index in [0.29, 0.717) is 5.56 Å². The summed E-state index contributed by atoms with van der Waals surface area (Å²) in [4.78, 5) is 36.3. The number of ether oxygens (including phenoxy) is 3. The van der Waals surface area contributed by atoms with Crippen molar-refractivity contribution < 1.29 is 41.8 Å². The predicted molar refractivity (Wildman–Crippen MR) is 134 cm³/mol. The van der Waals surface area contributed by atoms with E-state index in [1.165, 1.54) is 0 Å². The average molecular weight is 542 g/mol. The molecule has 1 N–H and O–H groups in total. The molecule has 0 fully saturated rings. The average Bonchev–Trinajstić information content (AvgIpc) is 3.25. The van der Waals surface area contributed by atoms with Crippen molar-refractivity contribution in [2.45, 2.75) is 37.6 Å². The highest BCUT2D eigenvalue weighted by Gasteiger charge is 2.47. The zero-order valence-corrected chi connectivity index (χ0v) is 20.8. The number of carbonyl (C=O) groups excluding carboxylic acids is 3. The lowest BCUT2D eigenvalue weighted by molar-refractivity contribution is -0.232. The highest BCUT2D eigenvalue weighted by Crippen LogP contribution is 2.44. The zero-order chi connectivity index (χ0) is 27.8. The van der Waals surface area contributed by atoms with E-state index in [2.05, 4.69) is 10.1 Å². The number of alkyl halides is 3. The van der Waals surface area contributed by atoms with E-state index >= 15 is 0 Å². The molecule has 0 saturated heterocycles. The van der Waals surface area contributed by atoms with Gasteiger partial charge >= 0.3 is 18.1 Å². The predicted octanol–water partition coefficient (Wildman–Crippen LogP) is 4.89. The van der Waals surface area contributed by atoms with Crippen LogP contribution >= 0.6 is 0 Å². The molecule has 0 aliphatic heterocycles. The minimum absolute atomic E-state index is 0.0932. The van der Waals surface area contributed by atoms with Crippen molar-refractivity contribution in [3.8, 4) is 11.1 Å². The van der Waals surface area contributed by atoms with Crippen molar-refractivity contribution in [2.24, 2.45) is 0 Å². The number of fused-ring (bicyclic) bond motifs is 3. The van der Waals surface area contributed by atoms with Crippen molar-refractivity contribution in [1.82, 2.24) is 5.32 Å². The molecule has 1 unspecified atom stereocenters. The molecule has 0 radical (unpaired) electrons. The molecule has 3 aromatic carbocycles. The van der Waals surface area contributed by atoms with E-state index < -0.39 is 36.9 Å². The minimum Gasteiger partial charge on any atom is -0.465 e. The lowest BCUT2D eigenvalue weighted by atomic mass is 9.98. The fourth-order valence-electron chi connectivity index (χ4n) is 4.30. The summed E-state index contributed by atoms with van der Waals surface area (Å²) in [6.07, 6.45) is -8.51. The Kier molecular flexibility index (Phi) is 8.98. The summed E-state index contributed by atoms with van der Waals surface area (Å²) in [5.74, 6) is -3.11. The third kappa shape index (κ3) is 7.23. The number of hydrogen-bond donors (Lipinski definition) is 1. The molecule has 0 bridgehead atoms. The largest absolute Gasteiger partial charge is 0.465 e. The van der Waals surface area contributed by atoms with Crippen molar-refractivity contribution in [2.75, 3.05) is 13.3 Å². The Morgan fingerprint density at radius 1 is 0.795 bits per heavy atom. The molecule has 1 atom stereocenters. The molecule has 0 saturated carbocycles. The summed E-state index contributed by atoms with van der Waals surface area (Å²) >= 11 is 0. The number of esters is 2. The molecule has 204 valence electrons. The normalized spacial score (nSPS) is 13.2. The molecule has 0 heterocycles. The third-order valence-electron chi connectivity index (χ3n) is 6.18. The van der Waals surface area contributed by atoms with Gasteiger partial charge in [-0.25, -0.2) is 4.79 Å². The van der Waals surface area contributed by atoms with Crippen molar-refractivity contribution in [3.63, 3.8) is 0 Å². The van der Waals surface area contributed by atoms with Gasteiger partial charge in [-0.15, -0.1) is 0 Å². The van der Waals surface area contributed by atoms with E-state index in [9.17, 15) is 27.6 Å². The van der Waals surface area contributed by atoms with Crippen molar-refractivity contribution >= 4 is 17.8 Å². The van der Waals surface area contributed by atoms with Crippen LogP contribution in [0.4, 0.5) is 13.2 Å². The second-order valence-corrected chi connectivity index (χ2v) is 8.84. The first-order chi connectivity index (χ1) is 18.7. The quantitative estimate of drug-likeness (QED) is 0.275. The van der Waals surface area contributed by atoms with Gasteiger partial charge in [0.25, 0.3) is 6.10 Å². The maximum absolute atomic E-state index is 13.3. The Bertz CT molecular complexity index is 1270. The first-order valence-electron chi connectivity index (χ1n) is 12.2. The second-order valence-electron chi connectivity index (χ2n) is 8.84. The van der Waals surface area contributed by atoms with Crippen LogP contribution in [0.5, 0.6) is 0 Å². The Morgan fingerprint density at radius 3 is 2.00 bits per heavy atom. The van der Waals surface area contributed by atoms with Crippen molar-refractivity contribution in [1.29, 1.82) is 0 Å².